The van der Waals surface area contributed by atoms with Gasteiger partial charge in [-0.15, -0.1) is 62.5 Å². The molecule has 0 saturated carbocycles. The van der Waals surface area contributed by atoms with E-state index in [1.807, 2.05) is 0 Å². The molecular formula is C42H48SiZr-4. The second-order valence-electron chi connectivity index (χ2n) is 12.7. The SMILES string of the molecule is CC(C)c1cc2c(-c3ccccc3)cccc2[cH-]1.Cc1cc2c(-c3ccc(C(C)(C)C)cc3)c(C)cc(C)c2[cH-]1.[CH3-].[CH3-].[Si]=[Zr]. The second kappa shape index (κ2) is 16.0. The van der Waals surface area contributed by atoms with E-state index >= 15 is 0 Å². The van der Waals surface area contributed by atoms with E-state index in [4.69, 9.17) is 0 Å². The van der Waals surface area contributed by atoms with E-state index in [2.05, 4.69) is 165 Å². The van der Waals surface area contributed by atoms with Gasteiger partial charge in [0.15, 0.2) is 0 Å². The van der Waals surface area contributed by atoms with E-state index in [0.717, 1.165) is 0 Å². The number of fused-ring (bicyclic) bond motifs is 2. The van der Waals surface area contributed by atoms with Crippen LogP contribution >= 0.6 is 0 Å². The summed E-state index contributed by atoms with van der Waals surface area (Å²) in [6.07, 6.45) is 0. The summed E-state index contributed by atoms with van der Waals surface area (Å²) in [6.45, 7) is 21.0. The maximum absolute atomic E-state index is 3.06. The van der Waals surface area contributed by atoms with Crippen LogP contribution in [0.3, 0.4) is 0 Å². The first kappa shape index (κ1) is 37.4. The van der Waals surface area contributed by atoms with Gasteiger partial charge < -0.3 is 14.9 Å². The predicted octanol–water partition coefficient (Wildman–Crippen LogP) is 12.3. The first-order valence-electron chi connectivity index (χ1n) is 14.8. The van der Waals surface area contributed by atoms with Crippen molar-refractivity contribution in [3.05, 3.63) is 146 Å². The molecule has 0 nitrogen and oxygen atoms in total. The first-order valence-corrected chi connectivity index (χ1v) is 19.0. The van der Waals surface area contributed by atoms with Crippen LogP contribution in [0.2, 0.25) is 0 Å². The van der Waals surface area contributed by atoms with Gasteiger partial charge in [0.2, 0.25) is 0 Å². The summed E-state index contributed by atoms with van der Waals surface area (Å²) in [6, 6.07) is 37.9. The number of aryl methyl sites for hydroxylation is 3. The zero-order valence-corrected chi connectivity index (χ0v) is 31.9. The van der Waals surface area contributed by atoms with Crippen molar-refractivity contribution in [2.24, 2.45) is 0 Å². The molecule has 228 valence electrons. The Balaban J connectivity index is 0.000000283. The normalized spacial score (nSPS) is 10.7. The van der Waals surface area contributed by atoms with Crippen LogP contribution in [0.5, 0.6) is 0 Å². The molecule has 0 aliphatic rings. The maximum atomic E-state index is 3.06. The van der Waals surface area contributed by atoms with Gasteiger partial charge in [-0.05, 0) is 34.9 Å². The van der Waals surface area contributed by atoms with E-state index in [9.17, 15) is 0 Å². The van der Waals surface area contributed by atoms with Crippen LogP contribution in [0.25, 0.3) is 43.8 Å². The molecule has 6 aromatic rings. The molecule has 0 fully saturated rings. The summed E-state index contributed by atoms with van der Waals surface area (Å²) >= 11 is 1.36. The van der Waals surface area contributed by atoms with Gasteiger partial charge in [0, 0.05) is 0 Å². The monoisotopic (exact) mass is 670 g/mol. The molecule has 0 bridgehead atoms. The zero-order valence-electron chi connectivity index (χ0n) is 28.4. The van der Waals surface area contributed by atoms with Crippen LogP contribution in [0.15, 0.2) is 103 Å². The standard InChI is InChI=1S/C22H25.C18H17.2CH3.Si.Zr/c1-14-11-19-15(2)13-16(3)21(20(19)12-14)17-7-9-18(10-8-17)22(4,5)6;1-13(2)16-11-15-9-6-10-17(18(15)12-16)14-7-4-3-5-8-14;;;;/h7-13H,1-6H3;3-13H,1-2H3;2*1H3;;/q4*-1;;. The first-order chi connectivity index (χ1) is 20.0. The quantitative estimate of drug-likeness (QED) is 0.130. The fraction of sp³-hybridized carbons (Fsp3) is 0.238. The molecule has 44 heavy (non-hydrogen) atoms. The topological polar surface area (TPSA) is 0 Å². The Morgan fingerprint density at radius 3 is 1.89 bits per heavy atom. The summed E-state index contributed by atoms with van der Waals surface area (Å²) in [7, 11) is 0. The van der Waals surface area contributed by atoms with Gasteiger partial charge in [0.25, 0.3) is 0 Å². The van der Waals surface area contributed by atoms with Gasteiger partial charge in [-0.1, -0.05) is 132 Å². The van der Waals surface area contributed by atoms with Crippen LogP contribution in [-0.4, -0.2) is 6.88 Å². The van der Waals surface area contributed by atoms with E-state index in [1.165, 1.54) is 95.0 Å². The summed E-state index contributed by atoms with van der Waals surface area (Å²) < 4.78 is 0. The Kier molecular flexibility index (Phi) is 13.6. The third kappa shape index (κ3) is 8.26. The predicted molar refractivity (Wildman–Crippen MR) is 196 cm³/mol. The average molecular weight is 672 g/mol. The molecule has 0 aliphatic carbocycles. The minimum absolute atomic E-state index is 0. The summed E-state index contributed by atoms with van der Waals surface area (Å²) in [4.78, 5) is 0. The summed E-state index contributed by atoms with van der Waals surface area (Å²) in [5, 5.41) is 5.49. The van der Waals surface area contributed by atoms with Crippen LogP contribution in [0, 0.1) is 35.6 Å². The molecule has 0 aliphatic heterocycles. The Morgan fingerprint density at radius 1 is 0.659 bits per heavy atom. The van der Waals surface area contributed by atoms with Gasteiger partial charge in [0.1, 0.15) is 0 Å². The van der Waals surface area contributed by atoms with Crippen molar-refractivity contribution in [1.29, 1.82) is 0 Å². The Bertz CT molecular complexity index is 1770. The van der Waals surface area contributed by atoms with Crippen molar-refractivity contribution < 1.29 is 23.3 Å². The van der Waals surface area contributed by atoms with Gasteiger partial charge in [-0.25, -0.2) is 0 Å². The second-order valence-corrected chi connectivity index (χ2v) is 12.7. The molecule has 0 amide bonds. The minimum atomic E-state index is 0. The van der Waals surface area contributed by atoms with Crippen LogP contribution in [-0.2, 0) is 28.8 Å². The molecule has 0 aromatic heterocycles. The Hall–Kier alpha value is -2.80. The molecule has 0 unspecified atom stereocenters. The number of hydrogen-bond acceptors (Lipinski definition) is 0. The van der Waals surface area contributed by atoms with Crippen molar-refractivity contribution in [1.82, 2.24) is 0 Å². The molecule has 0 spiro atoms. The summed E-state index contributed by atoms with van der Waals surface area (Å²) in [5.74, 6) is 0.584. The van der Waals surface area contributed by atoms with Gasteiger partial charge in [0.05, 0.1) is 0 Å². The van der Waals surface area contributed by atoms with Crippen LogP contribution in [0.4, 0.5) is 0 Å². The van der Waals surface area contributed by atoms with Crippen molar-refractivity contribution in [3.63, 3.8) is 0 Å². The molecule has 0 atom stereocenters. The fourth-order valence-electron chi connectivity index (χ4n) is 5.85. The summed E-state index contributed by atoms with van der Waals surface area (Å²) in [5.41, 5.74) is 12.4. The molecule has 6 rings (SSSR count). The third-order valence-electron chi connectivity index (χ3n) is 8.12. The molecule has 0 heterocycles. The molecular weight excluding hydrogens is 624 g/mol. The Morgan fingerprint density at radius 2 is 1.30 bits per heavy atom. The third-order valence-corrected chi connectivity index (χ3v) is 8.12. The molecule has 0 N–H and O–H groups in total. The van der Waals surface area contributed by atoms with E-state index in [-0.39, 0.29) is 20.3 Å². The average Bonchev–Trinajstić information content (AvgIpc) is 3.59. The van der Waals surface area contributed by atoms with E-state index in [0.29, 0.717) is 5.92 Å². The Labute approximate surface area is 284 Å². The van der Waals surface area contributed by atoms with Crippen molar-refractivity contribution >= 4 is 28.4 Å². The van der Waals surface area contributed by atoms with Gasteiger partial charge >= 0.3 is 30.2 Å². The zero-order chi connectivity index (χ0) is 30.6. The van der Waals surface area contributed by atoms with Crippen molar-refractivity contribution in [2.45, 2.75) is 66.7 Å². The van der Waals surface area contributed by atoms with Crippen molar-refractivity contribution in [3.8, 4) is 22.3 Å². The molecule has 0 saturated heterocycles. The molecule has 2 radical (unpaired) electrons. The van der Waals surface area contributed by atoms with E-state index < -0.39 is 0 Å². The molecule has 6 aromatic carbocycles. The fourth-order valence-corrected chi connectivity index (χ4v) is 5.85. The number of benzene rings is 4. The van der Waals surface area contributed by atoms with Crippen LogP contribution < -0.4 is 0 Å². The van der Waals surface area contributed by atoms with Crippen LogP contribution in [0.1, 0.15) is 68.4 Å². The van der Waals surface area contributed by atoms with Gasteiger partial charge in [-0.2, -0.15) is 12.1 Å². The van der Waals surface area contributed by atoms with E-state index in [1.54, 1.807) is 0 Å². The molecule has 2 heteroatoms. The number of rotatable bonds is 3. The van der Waals surface area contributed by atoms with Crippen molar-refractivity contribution in [2.75, 3.05) is 0 Å². The van der Waals surface area contributed by atoms with Gasteiger partial charge in [-0.3, -0.25) is 0 Å². The number of hydrogen-bond donors (Lipinski definition) is 0.